The Morgan fingerprint density at radius 3 is 2.47 bits per heavy atom. The Morgan fingerprint density at radius 2 is 1.95 bits per heavy atom. The molecule has 2 unspecified atom stereocenters. The van der Waals surface area contributed by atoms with Crippen LogP contribution in [0.4, 0.5) is 0 Å². The summed E-state index contributed by atoms with van der Waals surface area (Å²) in [7, 11) is 0. The van der Waals surface area contributed by atoms with E-state index in [1.54, 1.807) is 12.4 Å². The zero-order chi connectivity index (χ0) is 14.2. The number of imidazole rings is 1. The Bertz CT molecular complexity index is 575. The van der Waals surface area contributed by atoms with Gasteiger partial charge in [-0.15, -0.1) is 11.6 Å². The van der Waals surface area contributed by atoms with Crippen molar-refractivity contribution in [1.29, 1.82) is 0 Å². The first-order chi connectivity index (χ1) is 8.97. The number of alkyl halides is 1. The third kappa shape index (κ3) is 2.59. The molecule has 2 atom stereocenters. The molecule has 3 nitrogen and oxygen atoms in total. The molecule has 0 aliphatic carbocycles. The lowest BCUT2D eigenvalue weighted by Gasteiger charge is -2.25. The summed E-state index contributed by atoms with van der Waals surface area (Å²) in [5, 5.41) is 0.476. The highest BCUT2D eigenvalue weighted by atomic mass is 35.5. The van der Waals surface area contributed by atoms with Gasteiger partial charge in [0.05, 0.1) is 22.1 Å². The minimum absolute atomic E-state index is 0.156. The van der Waals surface area contributed by atoms with Gasteiger partial charge in [0.2, 0.25) is 0 Å². The van der Waals surface area contributed by atoms with Gasteiger partial charge < -0.3 is 4.57 Å². The van der Waals surface area contributed by atoms with Crippen molar-refractivity contribution in [2.75, 3.05) is 0 Å². The van der Waals surface area contributed by atoms with E-state index in [0.717, 1.165) is 23.3 Å². The molecule has 0 aliphatic rings. The zero-order valence-corrected chi connectivity index (χ0v) is 13.2. The van der Waals surface area contributed by atoms with Crippen molar-refractivity contribution in [1.82, 2.24) is 14.5 Å². The van der Waals surface area contributed by atoms with E-state index in [4.69, 9.17) is 23.2 Å². The molecule has 2 rings (SSSR count). The lowest BCUT2D eigenvalue weighted by Crippen LogP contribution is -2.17. The SMILES string of the molecule is CCC(C(C)C)n1c(C(C)Cl)nc2cncc(Cl)c21. The Morgan fingerprint density at radius 1 is 1.26 bits per heavy atom. The maximum Gasteiger partial charge on any atom is 0.128 e. The molecule has 5 heteroatoms. The first-order valence-electron chi connectivity index (χ1n) is 6.62. The fraction of sp³-hybridized carbons (Fsp3) is 0.571. The fourth-order valence-corrected chi connectivity index (χ4v) is 3.00. The molecule has 0 bridgehead atoms. The lowest BCUT2D eigenvalue weighted by atomic mass is 10.0. The summed E-state index contributed by atoms with van der Waals surface area (Å²) < 4.78 is 2.20. The quantitative estimate of drug-likeness (QED) is 0.745. The van der Waals surface area contributed by atoms with Crippen LogP contribution in [-0.2, 0) is 0 Å². The molecule has 2 aromatic rings. The van der Waals surface area contributed by atoms with E-state index in [9.17, 15) is 0 Å². The molecule has 19 heavy (non-hydrogen) atoms. The van der Waals surface area contributed by atoms with Gasteiger partial charge in [0, 0.05) is 12.2 Å². The average molecular weight is 300 g/mol. The fourth-order valence-electron chi connectivity index (χ4n) is 2.60. The third-order valence-electron chi connectivity index (χ3n) is 3.45. The van der Waals surface area contributed by atoms with Crippen molar-refractivity contribution in [3.05, 3.63) is 23.2 Å². The first kappa shape index (κ1) is 14.6. The monoisotopic (exact) mass is 299 g/mol. The summed E-state index contributed by atoms with van der Waals surface area (Å²) in [5.74, 6) is 1.35. The van der Waals surface area contributed by atoms with Crippen molar-refractivity contribution in [3.63, 3.8) is 0 Å². The summed E-state index contributed by atoms with van der Waals surface area (Å²) >= 11 is 12.6. The van der Waals surface area contributed by atoms with E-state index < -0.39 is 0 Å². The highest BCUT2D eigenvalue weighted by Crippen LogP contribution is 2.35. The second-order valence-corrected chi connectivity index (χ2v) is 6.23. The number of hydrogen-bond donors (Lipinski definition) is 0. The molecular formula is C14H19Cl2N3. The Hall–Kier alpha value is -0.800. The molecule has 0 saturated heterocycles. The van der Waals surface area contributed by atoms with Gasteiger partial charge >= 0.3 is 0 Å². The summed E-state index contributed by atoms with van der Waals surface area (Å²) in [6.07, 6.45) is 4.42. The van der Waals surface area contributed by atoms with Crippen LogP contribution in [0.15, 0.2) is 12.4 Å². The van der Waals surface area contributed by atoms with E-state index in [2.05, 4.69) is 35.3 Å². The van der Waals surface area contributed by atoms with Gasteiger partial charge in [-0.25, -0.2) is 4.98 Å². The number of nitrogens with zero attached hydrogens (tertiary/aromatic N) is 3. The van der Waals surface area contributed by atoms with Gasteiger partial charge in [-0.05, 0) is 19.3 Å². The highest BCUT2D eigenvalue weighted by molar-refractivity contribution is 6.34. The maximum atomic E-state index is 6.32. The van der Waals surface area contributed by atoms with Gasteiger partial charge in [-0.2, -0.15) is 0 Å². The molecule has 0 spiro atoms. The molecule has 0 aromatic carbocycles. The van der Waals surface area contributed by atoms with Crippen LogP contribution in [-0.4, -0.2) is 14.5 Å². The first-order valence-corrected chi connectivity index (χ1v) is 7.44. The second-order valence-electron chi connectivity index (χ2n) is 5.16. The topological polar surface area (TPSA) is 30.7 Å². The third-order valence-corrected chi connectivity index (χ3v) is 3.92. The zero-order valence-electron chi connectivity index (χ0n) is 11.7. The number of hydrogen-bond acceptors (Lipinski definition) is 2. The lowest BCUT2D eigenvalue weighted by molar-refractivity contribution is 0.364. The summed E-state index contributed by atoms with van der Waals surface area (Å²) in [6.45, 7) is 8.53. The van der Waals surface area contributed by atoms with Crippen molar-refractivity contribution in [3.8, 4) is 0 Å². The minimum atomic E-state index is -0.156. The predicted octanol–water partition coefficient (Wildman–Crippen LogP) is 4.99. The van der Waals surface area contributed by atoms with Gasteiger partial charge in [-0.1, -0.05) is 32.4 Å². The molecule has 2 aromatic heterocycles. The minimum Gasteiger partial charge on any atom is -0.322 e. The van der Waals surface area contributed by atoms with Gasteiger partial charge in [-0.3, -0.25) is 4.98 Å². The number of pyridine rings is 1. The summed E-state index contributed by atoms with van der Waals surface area (Å²) in [6, 6.07) is 0.334. The normalized spacial score (nSPS) is 15.1. The van der Waals surface area contributed by atoms with Crippen molar-refractivity contribution in [2.24, 2.45) is 5.92 Å². The van der Waals surface area contributed by atoms with Gasteiger partial charge in [0.15, 0.2) is 0 Å². The molecule has 0 amide bonds. The van der Waals surface area contributed by atoms with Gasteiger partial charge in [0.1, 0.15) is 11.3 Å². The van der Waals surface area contributed by atoms with Crippen LogP contribution in [0.2, 0.25) is 5.02 Å². The van der Waals surface area contributed by atoms with Crippen LogP contribution in [0.1, 0.15) is 51.4 Å². The number of fused-ring (bicyclic) bond motifs is 1. The van der Waals surface area contributed by atoms with E-state index in [1.165, 1.54) is 0 Å². The van der Waals surface area contributed by atoms with Gasteiger partial charge in [0.25, 0.3) is 0 Å². The average Bonchev–Trinajstić information content (AvgIpc) is 2.71. The Kier molecular flexibility index (Phi) is 4.36. The molecule has 0 fully saturated rings. The molecule has 0 N–H and O–H groups in total. The molecule has 0 radical (unpaired) electrons. The van der Waals surface area contributed by atoms with E-state index >= 15 is 0 Å². The smallest absolute Gasteiger partial charge is 0.128 e. The maximum absolute atomic E-state index is 6.32. The molecule has 0 saturated carbocycles. The molecule has 2 heterocycles. The molecule has 104 valence electrons. The molecular weight excluding hydrogens is 281 g/mol. The van der Waals surface area contributed by atoms with Crippen molar-refractivity contribution in [2.45, 2.75) is 45.5 Å². The summed E-state index contributed by atoms with van der Waals surface area (Å²) in [4.78, 5) is 8.71. The van der Waals surface area contributed by atoms with Crippen LogP contribution in [0.5, 0.6) is 0 Å². The van der Waals surface area contributed by atoms with Crippen LogP contribution >= 0.6 is 23.2 Å². The second kappa shape index (κ2) is 5.68. The largest absolute Gasteiger partial charge is 0.322 e. The van der Waals surface area contributed by atoms with Crippen molar-refractivity contribution >= 4 is 34.2 Å². The Balaban J connectivity index is 2.77. The van der Waals surface area contributed by atoms with E-state index in [0.29, 0.717) is 17.0 Å². The van der Waals surface area contributed by atoms with Crippen LogP contribution in [0.25, 0.3) is 11.0 Å². The van der Waals surface area contributed by atoms with E-state index in [1.807, 2.05) is 6.92 Å². The Labute approximate surface area is 123 Å². The standard InChI is InChI=1S/C14H19Cl2N3/c1-5-12(8(2)3)19-13-10(16)6-17-7-11(13)18-14(19)9(4)15/h6-9,12H,5H2,1-4H3. The van der Waals surface area contributed by atoms with E-state index in [-0.39, 0.29) is 5.38 Å². The van der Waals surface area contributed by atoms with Crippen LogP contribution in [0, 0.1) is 5.92 Å². The highest BCUT2D eigenvalue weighted by Gasteiger charge is 2.24. The van der Waals surface area contributed by atoms with Crippen molar-refractivity contribution < 1.29 is 0 Å². The van der Waals surface area contributed by atoms with Crippen LogP contribution in [0.3, 0.4) is 0 Å². The number of halogens is 2. The summed E-state index contributed by atoms with van der Waals surface area (Å²) in [5.41, 5.74) is 1.76. The number of aromatic nitrogens is 3. The van der Waals surface area contributed by atoms with Crippen LogP contribution < -0.4 is 0 Å². The molecule has 0 aliphatic heterocycles. The number of rotatable bonds is 4. The predicted molar refractivity (Wildman–Crippen MR) is 81.0 cm³/mol.